The van der Waals surface area contributed by atoms with E-state index >= 15 is 0 Å². The zero-order valence-corrected chi connectivity index (χ0v) is 19.5. The molecule has 0 saturated heterocycles. The molecule has 0 aromatic carbocycles. The second-order valence-corrected chi connectivity index (χ2v) is 9.01. The van der Waals surface area contributed by atoms with Crippen LogP contribution in [0, 0.1) is 0 Å². The molecule has 0 saturated carbocycles. The third-order valence-electron chi connectivity index (χ3n) is 4.78. The van der Waals surface area contributed by atoms with E-state index in [1.165, 1.54) is 44.9 Å². The highest BCUT2D eigenvalue weighted by Gasteiger charge is 2.36. The van der Waals surface area contributed by atoms with Crippen LogP contribution in [-0.4, -0.2) is 42.5 Å². The molecule has 0 aliphatic carbocycles. The molecule has 7 heteroatoms. The molecular formula is C21H43N2O4P. The molecular weight excluding hydrogens is 375 g/mol. The van der Waals surface area contributed by atoms with Gasteiger partial charge in [0.1, 0.15) is 0 Å². The van der Waals surface area contributed by atoms with Gasteiger partial charge >= 0.3 is 7.82 Å². The van der Waals surface area contributed by atoms with Crippen LogP contribution in [0.4, 0.5) is 0 Å². The van der Waals surface area contributed by atoms with Gasteiger partial charge in [-0.1, -0.05) is 65.7 Å². The summed E-state index contributed by atoms with van der Waals surface area (Å²) in [6, 6.07) is 0. The van der Waals surface area contributed by atoms with Gasteiger partial charge in [-0.3, -0.25) is 9.05 Å². The van der Waals surface area contributed by atoms with Crippen molar-refractivity contribution in [3.05, 3.63) is 12.4 Å². The zero-order valence-electron chi connectivity index (χ0n) is 18.6. The first kappa shape index (κ1) is 25.5. The fourth-order valence-corrected chi connectivity index (χ4v) is 4.61. The lowest BCUT2D eigenvalue weighted by molar-refractivity contribution is -0.0534. The standard InChI is InChI=1S/C21H43N2O4P/c1-5-9-10-11-12-13-14-15-16-23-18-17-22(8-4)21(23)27-28(24,25-19-6-2)26-20-7-3/h17-18,21H,5-16,19-20H2,1-4H3. The van der Waals surface area contributed by atoms with Gasteiger partial charge < -0.3 is 9.80 Å². The summed E-state index contributed by atoms with van der Waals surface area (Å²) < 4.78 is 30.0. The van der Waals surface area contributed by atoms with Crippen LogP contribution in [0.2, 0.25) is 0 Å². The van der Waals surface area contributed by atoms with Crippen molar-refractivity contribution < 1.29 is 18.1 Å². The SMILES string of the molecule is CCCCCCCCCCN1C=CN(CC)C1OP(=O)(OCCC)OCCC. The summed E-state index contributed by atoms with van der Waals surface area (Å²) in [7, 11) is -3.57. The molecule has 1 unspecified atom stereocenters. The Balaban J connectivity index is 2.49. The first-order valence-corrected chi connectivity index (χ1v) is 12.8. The minimum absolute atomic E-state index is 0.366. The molecule has 0 spiro atoms. The van der Waals surface area contributed by atoms with Crippen LogP contribution < -0.4 is 0 Å². The Bertz CT molecular complexity index is 450. The van der Waals surface area contributed by atoms with Crippen molar-refractivity contribution in [3.63, 3.8) is 0 Å². The highest BCUT2D eigenvalue weighted by Crippen LogP contribution is 2.52. The topological polar surface area (TPSA) is 51.2 Å². The maximum atomic E-state index is 13.0. The Morgan fingerprint density at radius 3 is 1.82 bits per heavy atom. The Kier molecular flexibility index (Phi) is 13.9. The highest BCUT2D eigenvalue weighted by molar-refractivity contribution is 7.48. The van der Waals surface area contributed by atoms with Crippen molar-refractivity contribution >= 4 is 7.82 Å². The van der Waals surface area contributed by atoms with Crippen molar-refractivity contribution in [3.8, 4) is 0 Å². The monoisotopic (exact) mass is 418 g/mol. The molecule has 1 rings (SSSR count). The third-order valence-corrected chi connectivity index (χ3v) is 6.23. The highest BCUT2D eigenvalue weighted by atomic mass is 31.2. The summed E-state index contributed by atoms with van der Waals surface area (Å²) in [4.78, 5) is 4.14. The minimum atomic E-state index is -3.57. The number of hydrogen-bond acceptors (Lipinski definition) is 6. The lowest BCUT2D eigenvalue weighted by atomic mass is 10.1. The van der Waals surface area contributed by atoms with Gasteiger partial charge in [-0.15, -0.1) is 0 Å². The van der Waals surface area contributed by atoms with E-state index in [1.54, 1.807) is 0 Å². The zero-order chi connectivity index (χ0) is 20.7. The van der Waals surface area contributed by atoms with E-state index in [4.69, 9.17) is 13.6 Å². The van der Waals surface area contributed by atoms with Gasteiger partial charge in [0, 0.05) is 25.5 Å². The second kappa shape index (κ2) is 15.3. The predicted molar refractivity (Wildman–Crippen MR) is 116 cm³/mol. The molecule has 0 amide bonds. The Labute approximate surface area is 173 Å². The second-order valence-electron chi connectivity index (χ2n) is 7.39. The summed E-state index contributed by atoms with van der Waals surface area (Å²) in [5.41, 5.74) is 0. The summed E-state index contributed by atoms with van der Waals surface area (Å²) in [6.07, 6.45) is 15.4. The number of hydrogen-bond donors (Lipinski definition) is 0. The molecule has 0 N–H and O–H groups in total. The van der Waals surface area contributed by atoms with Gasteiger partial charge in [-0.05, 0) is 26.2 Å². The maximum absolute atomic E-state index is 13.0. The molecule has 1 aliphatic rings. The van der Waals surface area contributed by atoms with Gasteiger partial charge in [0.2, 0.25) is 6.35 Å². The van der Waals surface area contributed by atoms with Crippen molar-refractivity contribution in [1.82, 2.24) is 9.80 Å². The molecule has 28 heavy (non-hydrogen) atoms. The summed E-state index contributed by atoms with van der Waals surface area (Å²) >= 11 is 0. The first-order valence-electron chi connectivity index (χ1n) is 11.4. The molecule has 0 aromatic rings. The van der Waals surface area contributed by atoms with Gasteiger partial charge in [-0.25, -0.2) is 9.09 Å². The lowest BCUT2D eigenvalue weighted by Gasteiger charge is -2.33. The van der Waals surface area contributed by atoms with Crippen molar-refractivity contribution in [1.29, 1.82) is 0 Å². The van der Waals surface area contributed by atoms with E-state index in [2.05, 4.69) is 18.7 Å². The smallest absolute Gasteiger partial charge is 0.334 e. The van der Waals surface area contributed by atoms with Crippen LogP contribution >= 0.6 is 7.82 Å². The molecule has 1 atom stereocenters. The number of nitrogens with zero attached hydrogens (tertiary/aromatic N) is 2. The Morgan fingerprint density at radius 1 is 0.750 bits per heavy atom. The Morgan fingerprint density at radius 2 is 1.29 bits per heavy atom. The van der Waals surface area contributed by atoms with E-state index in [9.17, 15) is 4.57 Å². The number of phosphoric ester groups is 1. The number of unbranched alkanes of at least 4 members (excludes halogenated alkanes) is 7. The lowest BCUT2D eigenvalue weighted by Crippen LogP contribution is -2.40. The van der Waals surface area contributed by atoms with E-state index in [0.717, 1.165) is 32.4 Å². The first-order chi connectivity index (χ1) is 13.6. The van der Waals surface area contributed by atoms with Gasteiger partial charge in [-0.2, -0.15) is 0 Å². The molecule has 1 heterocycles. The molecule has 0 fully saturated rings. The molecule has 0 aromatic heterocycles. The fourth-order valence-electron chi connectivity index (χ4n) is 3.12. The molecule has 6 nitrogen and oxygen atoms in total. The quantitative estimate of drug-likeness (QED) is 0.187. The van der Waals surface area contributed by atoms with E-state index < -0.39 is 14.2 Å². The van der Waals surface area contributed by atoms with E-state index in [-0.39, 0.29) is 0 Å². The van der Waals surface area contributed by atoms with Gasteiger partial charge in [0.05, 0.1) is 13.2 Å². The largest absolute Gasteiger partial charge is 0.478 e. The van der Waals surface area contributed by atoms with Crippen LogP contribution in [0.1, 0.15) is 91.9 Å². The average molecular weight is 419 g/mol. The van der Waals surface area contributed by atoms with Crippen LogP contribution in [0.25, 0.3) is 0 Å². The van der Waals surface area contributed by atoms with E-state index in [1.807, 2.05) is 31.1 Å². The van der Waals surface area contributed by atoms with Crippen molar-refractivity contribution in [2.75, 3.05) is 26.3 Å². The number of rotatable bonds is 18. The molecule has 0 bridgehead atoms. The molecule has 1 aliphatic heterocycles. The van der Waals surface area contributed by atoms with Crippen LogP contribution in [-0.2, 0) is 18.1 Å². The van der Waals surface area contributed by atoms with Crippen LogP contribution in [0.15, 0.2) is 12.4 Å². The van der Waals surface area contributed by atoms with Crippen LogP contribution in [0.3, 0.4) is 0 Å². The van der Waals surface area contributed by atoms with Crippen LogP contribution in [0.5, 0.6) is 0 Å². The van der Waals surface area contributed by atoms with Crippen molar-refractivity contribution in [2.45, 2.75) is 98.3 Å². The van der Waals surface area contributed by atoms with Crippen molar-refractivity contribution in [2.24, 2.45) is 0 Å². The molecule has 0 radical (unpaired) electrons. The maximum Gasteiger partial charge on any atom is 0.478 e. The normalized spacial score (nSPS) is 17.1. The fraction of sp³-hybridized carbons (Fsp3) is 0.905. The molecule has 166 valence electrons. The summed E-state index contributed by atoms with van der Waals surface area (Å²) in [5.74, 6) is 0. The van der Waals surface area contributed by atoms with Gasteiger partial charge in [0.15, 0.2) is 0 Å². The predicted octanol–water partition coefficient (Wildman–Crippen LogP) is 6.50. The summed E-state index contributed by atoms with van der Waals surface area (Å²) in [6.45, 7) is 10.7. The third kappa shape index (κ3) is 9.78. The average Bonchev–Trinajstić information content (AvgIpc) is 3.08. The van der Waals surface area contributed by atoms with Gasteiger partial charge in [0.25, 0.3) is 0 Å². The summed E-state index contributed by atoms with van der Waals surface area (Å²) in [5, 5.41) is 0. The van der Waals surface area contributed by atoms with E-state index in [0.29, 0.717) is 13.2 Å². The minimum Gasteiger partial charge on any atom is -0.334 e. The number of phosphoric acid groups is 1. The Hall–Kier alpha value is -0.550.